The Kier molecular flexibility index (Phi) is 13.5. The summed E-state index contributed by atoms with van der Waals surface area (Å²) in [5.74, 6) is 0. The summed E-state index contributed by atoms with van der Waals surface area (Å²) in [6.45, 7) is 10.1. The van der Waals surface area contributed by atoms with E-state index in [-0.39, 0.29) is 18.4 Å². The topological polar surface area (TPSA) is 49.6 Å². The number of halogens is 1. The number of hydrogen-bond donors (Lipinski definition) is 1. The minimum atomic E-state index is -0.182. The van der Waals surface area contributed by atoms with Crippen LogP contribution in [0.15, 0.2) is 0 Å². The van der Waals surface area contributed by atoms with Crippen LogP contribution in [0.2, 0.25) is 0 Å². The number of nitrogens with two attached hydrogens (primary N) is 1. The normalized spacial score (nSPS) is 19.2. The third kappa shape index (κ3) is 8.06. The standard InChI is InChI=1S/C13H24N2O.C6H15N.ClH/c14-13(16)15(11-7-3-1-4-8-11)12-9-5-2-6-10-12;1-4-7(5-2)6-3;/h11-12H,1-10H2,(H2,14,16);4-6H2,1-3H3;1H. The highest BCUT2D eigenvalue weighted by molar-refractivity contribution is 5.85. The molecule has 144 valence electrons. The lowest BCUT2D eigenvalue weighted by Crippen LogP contribution is -2.51. The number of rotatable bonds is 5. The number of carbonyl (C=O) groups is 1. The lowest BCUT2D eigenvalue weighted by Gasteiger charge is -2.40. The van der Waals surface area contributed by atoms with Gasteiger partial charge in [0.1, 0.15) is 0 Å². The van der Waals surface area contributed by atoms with Crippen LogP contribution >= 0.6 is 12.4 Å². The molecule has 0 aromatic heterocycles. The Morgan fingerprint density at radius 3 is 1.33 bits per heavy atom. The molecule has 0 radical (unpaired) electrons. The first kappa shape index (κ1) is 23.5. The molecule has 2 rings (SSSR count). The zero-order chi connectivity index (χ0) is 17.1. The molecule has 2 aliphatic carbocycles. The van der Waals surface area contributed by atoms with Gasteiger partial charge in [0.05, 0.1) is 0 Å². The predicted octanol–water partition coefficient (Wildman–Crippen LogP) is 4.80. The van der Waals surface area contributed by atoms with Gasteiger partial charge in [-0.2, -0.15) is 0 Å². The number of hydrogen-bond acceptors (Lipinski definition) is 2. The molecule has 0 heterocycles. The van der Waals surface area contributed by atoms with Crippen molar-refractivity contribution in [3.8, 4) is 0 Å². The third-order valence-corrected chi connectivity index (χ3v) is 5.53. The summed E-state index contributed by atoms with van der Waals surface area (Å²) in [5.41, 5.74) is 5.59. The SMILES string of the molecule is CCN(CC)CC.Cl.NC(=O)N(C1CCCCC1)C1CCCCC1. The molecule has 2 saturated carbocycles. The average molecular weight is 362 g/mol. The van der Waals surface area contributed by atoms with E-state index in [9.17, 15) is 4.79 Å². The molecule has 0 saturated heterocycles. The van der Waals surface area contributed by atoms with Gasteiger partial charge >= 0.3 is 6.03 Å². The lowest BCUT2D eigenvalue weighted by molar-refractivity contribution is 0.111. The summed E-state index contributed by atoms with van der Waals surface area (Å²) >= 11 is 0. The number of primary amides is 1. The van der Waals surface area contributed by atoms with Crippen LogP contribution in [0.1, 0.15) is 85.0 Å². The van der Waals surface area contributed by atoms with Crippen LogP contribution in [-0.4, -0.2) is 47.5 Å². The van der Waals surface area contributed by atoms with Gasteiger partial charge < -0.3 is 15.5 Å². The van der Waals surface area contributed by atoms with E-state index in [0.717, 1.165) is 0 Å². The second-order valence-corrected chi connectivity index (χ2v) is 6.95. The third-order valence-electron chi connectivity index (χ3n) is 5.53. The molecule has 0 bridgehead atoms. The summed E-state index contributed by atoms with van der Waals surface area (Å²) in [6.07, 6.45) is 12.4. The van der Waals surface area contributed by atoms with Gasteiger partial charge in [-0.05, 0) is 45.3 Å². The Hall–Kier alpha value is -0.480. The second kappa shape index (κ2) is 13.8. The van der Waals surface area contributed by atoms with Crippen LogP contribution in [0.3, 0.4) is 0 Å². The van der Waals surface area contributed by atoms with Crippen LogP contribution in [0.25, 0.3) is 0 Å². The summed E-state index contributed by atoms with van der Waals surface area (Å²) in [6, 6.07) is 0.697. The summed E-state index contributed by atoms with van der Waals surface area (Å²) in [4.78, 5) is 16.0. The zero-order valence-corrected chi connectivity index (χ0v) is 17.0. The molecule has 2 amide bonds. The highest BCUT2D eigenvalue weighted by Crippen LogP contribution is 2.29. The number of carbonyl (C=O) groups excluding carboxylic acids is 1. The van der Waals surface area contributed by atoms with Gasteiger partial charge in [-0.15, -0.1) is 12.4 Å². The quantitative estimate of drug-likeness (QED) is 0.764. The Morgan fingerprint density at radius 1 is 0.792 bits per heavy atom. The smallest absolute Gasteiger partial charge is 0.315 e. The van der Waals surface area contributed by atoms with Crippen molar-refractivity contribution in [2.75, 3.05) is 19.6 Å². The highest BCUT2D eigenvalue weighted by Gasteiger charge is 2.30. The van der Waals surface area contributed by atoms with Crippen LogP contribution in [-0.2, 0) is 0 Å². The monoisotopic (exact) mass is 361 g/mol. The van der Waals surface area contributed by atoms with Crippen molar-refractivity contribution in [2.45, 2.75) is 97.1 Å². The molecule has 4 nitrogen and oxygen atoms in total. The Bertz CT molecular complexity index is 288. The minimum Gasteiger partial charge on any atom is -0.351 e. The second-order valence-electron chi connectivity index (χ2n) is 6.95. The molecule has 2 N–H and O–H groups in total. The van der Waals surface area contributed by atoms with Gasteiger partial charge in [0.15, 0.2) is 0 Å². The van der Waals surface area contributed by atoms with E-state index >= 15 is 0 Å². The van der Waals surface area contributed by atoms with E-state index in [4.69, 9.17) is 5.73 Å². The number of nitrogens with zero attached hydrogens (tertiary/aromatic N) is 2. The molecule has 0 aromatic carbocycles. The molecular weight excluding hydrogens is 322 g/mol. The molecule has 2 fully saturated rings. The van der Waals surface area contributed by atoms with E-state index in [1.54, 1.807) is 0 Å². The van der Waals surface area contributed by atoms with E-state index in [2.05, 4.69) is 25.7 Å². The lowest BCUT2D eigenvalue weighted by atomic mass is 9.89. The van der Waals surface area contributed by atoms with E-state index in [0.29, 0.717) is 12.1 Å². The first-order chi connectivity index (χ1) is 11.1. The van der Waals surface area contributed by atoms with Crippen LogP contribution in [0.5, 0.6) is 0 Å². The minimum absolute atomic E-state index is 0. The first-order valence-electron chi connectivity index (χ1n) is 9.94. The largest absolute Gasteiger partial charge is 0.351 e. The maximum atomic E-state index is 11.6. The Balaban J connectivity index is 0.000000570. The fourth-order valence-electron chi connectivity index (χ4n) is 4.05. The van der Waals surface area contributed by atoms with Gasteiger partial charge in [0.25, 0.3) is 0 Å². The van der Waals surface area contributed by atoms with Crippen molar-refractivity contribution in [1.82, 2.24) is 9.80 Å². The average Bonchev–Trinajstić information content (AvgIpc) is 2.59. The number of urea groups is 1. The molecule has 5 heteroatoms. The van der Waals surface area contributed by atoms with E-state index < -0.39 is 0 Å². The highest BCUT2D eigenvalue weighted by atomic mass is 35.5. The summed E-state index contributed by atoms with van der Waals surface area (Å²) in [7, 11) is 0. The van der Waals surface area contributed by atoms with Crippen molar-refractivity contribution in [2.24, 2.45) is 5.73 Å². The van der Waals surface area contributed by atoms with Crippen LogP contribution in [0, 0.1) is 0 Å². The fourth-order valence-corrected chi connectivity index (χ4v) is 4.05. The maximum Gasteiger partial charge on any atom is 0.315 e. The van der Waals surface area contributed by atoms with Crippen molar-refractivity contribution in [1.29, 1.82) is 0 Å². The van der Waals surface area contributed by atoms with Gasteiger partial charge in [0, 0.05) is 12.1 Å². The van der Waals surface area contributed by atoms with Gasteiger partial charge in [0.2, 0.25) is 0 Å². The van der Waals surface area contributed by atoms with Crippen LogP contribution < -0.4 is 5.73 Å². The van der Waals surface area contributed by atoms with Gasteiger partial charge in [-0.25, -0.2) is 4.79 Å². The van der Waals surface area contributed by atoms with Crippen molar-refractivity contribution >= 4 is 18.4 Å². The molecule has 24 heavy (non-hydrogen) atoms. The molecule has 0 spiro atoms. The summed E-state index contributed by atoms with van der Waals surface area (Å²) < 4.78 is 0. The zero-order valence-electron chi connectivity index (χ0n) is 16.1. The summed E-state index contributed by atoms with van der Waals surface area (Å²) in [5, 5.41) is 0. The van der Waals surface area contributed by atoms with E-state index in [1.807, 2.05) is 4.90 Å². The van der Waals surface area contributed by atoms with Crippen molar-refractivity contribution in [3.63, 3.8) is 0 Å². The Morgan fingerprint density at radius 2 is 1.12 bits per heavy atom. The van der Waals surface area contributed by atoms with Crippen molar-refractivity contribution < 1.29 is 4.79 Å². The van der Waals surface area contributed by atoms with Crippen LogP contribution in [0.4, 0.5) is 4.79 Å². The molecule has 0 aromatic rings. The molecule has 2 aliphatic rings. The Labute approximate surface area is 155 Å². The predicted molar refractivity (Wildman–Crippen MR) is 106 cm³/mol. The molecule has 0 atom stereocenters. The molecule has 0 unspecified atom stereocenters. The molecular formula is C19H40ClN3O. The maximum absolute atomic E-state index is 11.6. The first-order valence-corrected chi connectivity index (χ1v) is 9.94. The number of amides is 2. The van der Waals surface area contributed by atoms with E-state index in [1.165, 1.54) is 83.8 Å². The molecule has 0 aliphatic heterocycles. The van der Waals surface area contributed by atoms with Gasteiger partial charge in [-0.3, -0.25) is 0 Å². The van der Waals surface area contributed by atoms with Gasteiger partial charge in [-0.1, -0.05) is 59.3 Å². The fraction of sp³-hybridized carbons (Fsp3) is 0.947. The van der Waals surface area contributed by atoms with Crippen molar-refractivity contribution in [3.05, 3.63) is 0 Å².